The van der Waals surface area contributed by atoms with Crippen LogP contribution in [-0.2, 0) is 11.8 Å². The lowest BCUT2D eigenvalue weighted by molar-refractivity contribution is 0.511. The first kappa shape index (κ1) is 9.95. The van der Waals surface area contributed by atoms with Gasteiger partial charge in [-0.25, -0.2) is 4.67 Å². The molecule has 0 saturated carbocycles. The third-order valence-corrected chi connectivity index (χ3v) is 7.04. The van der Waals surface area contributed by atoms with Crippen LogP contribution in [-0.4, -0.2) is 36.5 Å². The summed E-state index contributed by atoms with van der Waals surface area (Å²) in [5, 5.41) is 0. The van der Waals surface area contributed by atoms with E-state index in [4.69, 9.17) is 18.2 Å². The molecule has 1 aliphatic heterocycles. The Hall–Kier alpha value is -0.130. The zero-order valence-electron chi connectivity index (χ0n) is 7.56. The van der Waals surface area contributed by atoms with Crippen LogP contribution >= 0.6 is 6.34 Å². The van der Waals surface area contributed by atoms with Gasteiger partial charge in [0.1, 0.15) is 0 Å². The number of likely N-dealkylation sites (N-methyl/N-ethyl adjacent to an activating group) is 1. The average molecular weight is 200 g/mol. The van der Waals surface area contributed by atoms with Crippen LogP contribution < -0.4 is 0 Å². The van der Waals surface area contributed by atoms with E-state index in [2.05, 4.69) is 21.1 Å². The van der Waals surface area contributed by atoms with Gasteiger partial charge in [0.15, 0.2) is 0 Å². The molecule has 0 aromatic heterocycles. The molecule has 0 spiro atoms. The van der Waals surface area contributed by atoms with Crippen molar-refractivity contribution < 1.29 is 0 Å². The molecule has 0 saturated heterocycles. The van der Waals surface area contributed by atoms with Gasteiger partial charge in [-0.15, -0.1) is 6.42 Å². The highest BCUT2D eigenvalue weighted by Gasteiger charge is 2.31. The Morgan fingerprint density at radius 1 is 1.67 bits per heavy atom. The minimum atomic E-state index is -1.63. The molecule has 1 rings (SSSR count). The predicted molar refractivity (Wildman–Crippen MR) is 57.5 cm³/mol. The van der Waals surface area contributed by atoms with Crippen molar-refractivity contribution in [2.45, 2.75) is 6.04 Å². The Morgan fingerprint density at radius 3 is 2.50 bits per heavy atom. The highest BCUT2D eigenvalue weighted by Crippen LogP contribution is 2.56. The molecule has 0 radical (unpaired) electrons. The lowest BCUT2D eigenvalue weighted by Gasteiger charge is -2.31. The molecule has 0 fully saturated rings. The fourth-order valence-corrected chi connectivity index (χ4v) is 3.62. The topological polar surface area (TPSA) is 6.48 Å². The van der Waals surface area contributed by atoms with Gasteiger partial charge in [-0.3, -0.25) is 4.67 Å². The van der Waals surface area contributed by atoms with Gasteiger partial charge in [0.05, 0.1) is 12.4 Å². The lowest BCUT2D eigenvalue weighted by Crippen LogP contribution is -2.25. The van der Waals surface area contributed by atoms with E-state index < -0.39 is 6.34 Å². The summed E-state index contributed by atoms with van der Waals surface area (Å²) >= 11 is 5.54. The van der Waals surface area contributed by atoms with E-state index in [0.29, 0.717) is 0 Å². The van der Waals surface area contributed by atoms with Crippen molar-refractivity contribution in [1.82, 2.24) is 9.34 Å². The normalized spacial score (nSPS) is 35.8. The Labute approximate surface area is 79.3 Å². The molecule has 2 nitrogen and oxygen atoms in total. The first-order valence-electron chi connectivity index (χ1n) is 3.68. The van der Waals surface area contributed by atoms with Crippen LogP contribution in [0.25, 0.3) is 0 Å². The largest absolute Gasteiger partial charge is 0.267 e. The SMILES string of the molecule is C#CC1C=CP(=S)(N(C)C)N1C. The molecule has 0 aromatic rings. The molecule has 0 aliphatic carbocycles. The van der Waals surface area contributed by atoms with Crippen LogP contribution in [0.1, 0.15) is 0 Å². The Balaban J connectivity index is 2.96. The lowest BCUT2D eigenvalue weighted by atomic mass is 10.3. The van der Waals surface area contributed by atoms with Gasteiger partial charge in [0.25, 0.3) is 0 Å². The summed E-state index contributed by atoms with van der Waals surface area (Å²) in [4.78, 5) is 0. The second kappa shape index (κ2) is 3.32. The second-order valence-corrected chi connectivity index (χ2v) is 7.48. The van der Waals surface area contributed by atoms with Gasteiger partial charge in [-0.1, -0.05) is 23.8 Å². The van der Waals surface area contributed by atoms with Gasteiger partial charge in [0, 0.05) is 0 Å². The van der Waals surface area contributed by atoms with Crippen LogP contribution in [0, 0.1) is 12.3 Å². The van der Waals surface area contributed by atoms with E-state index in [1.165, 1.54) is 0 Å². The van der Waals surface area contributed by atoms with E-state index in [9.17, 15) is 0 Å². The van der Waals surface area contributed by atoms with Crippen molar-refractivity contribution in [3.8, 4) is 12.3 Å². The summed E-state index contributed by atoms with van der Waals surface area (Å²) in [5.41, 5.74) is 0. The number of nitrogens with zero attached hydrogens (tertiary/aromatic N) is 2. The van der Waals surface area contributed by atoms with Crippen LogP contribution in [0.3, 0.4) is 0 Å². The zero-order chi connectivity index (χ0) is 9.35. The molecule has 0 amide bonds. The maximum absolute atomic E-state index is 5.54. The van der Waals surface area contributed by atoms with Crippen LogP contribution in [0.15, 0.2) is 11.9 Å². The second-order valence-electron chi connectivity index (χ2n) is 2.96. The summed E-state index contributed by atoms with van der Waals surface area (Å²) in [5.74, 6) is 4.77. The summed E-state index contributed by atoms with van der Waals surface area (Å²) in [7, 11) is 5.99. The van der Waals surface area contributed by atoms with Crippen molar-refractivity contribution in [2.24, 2.45) is 0 Å². The highest BCUT2D eigenvalue weighted by atomic mass is 32.4. The molecule has 2 atom stereocenters. The van der Waals surface area contributed by atoms with E-state index in [1.807, 2.05) is 27.2 Å². The van der Waals surface area contributed by atoms with Gasteiger partial charge in [-0.05, 0) is 27.0 Å². The van der Waals surface area contributed by atoms with E-state index >= 15 is 0 Å². The Kier molecular flexibility index (Phi) is 2.75. The zero-order valence-corrected chi connectivity index (χ0v) is 9.27. The highest BCUT2D eigenvalue weighted by molar-refractivity contribution is 8.13. The molecule has 2 unspecified atom stereocenters. The molecule has 12 heavy (non-hydrogen) atoms. The van der Waals surface area contributed by atoms with Gasteiger partial charge in [-0.2, -0.15) is 0 Å². The molecule has 66 valence electrons. The third-order valence-electron chi connectivity index (χ3n) is 2.06. The molecule has 1 aliphatic rings. The smallest absolute Gasteiger partial charge is 0.0998 e. The Bertz CT molecular complexity index is 290. The monoisotopic (exact) mass is 200 g/mol. The molecule has 0 bridgehead atoms. The van der Waals surface area contributed by atoms with Gasteiger partial charge < -0.3 is 0 Å². The van der Waals surface area contributed by atoms with E-state index in [-0.39, 0.29) is 6.04 Å². The quantitative estimate of drug-likeness (QED) is 0.465. The molecule has 0 aromatic carbocycles. The molecular formula is C8H13N2PS. The summed E-state index contributed by atoms with van der Waals surface area (Å²) in [6.07, 6.45) is 5.74. The molecular weight excluding hydrogens is 187 g/mol. The molecule has 1 heterocycles. The summed E-state index contributed by atoms with van der Waals surface area (Å²) < 4.78 is 4.18. The van der Waals surface area contributed by atoms with Crippen molar-refractivity contribution >= 4 is 18.1 Å². The van der Waals surface area contributed by atoms with Crippen molar-refractivity contribution in [3.05, 3.63) is 11.9 Å². The number of rotatable bonds is 1. The maximum atomic E-state index is 5.54. The fourth-order valence-electron chi connectivity index (χ4n) is 1.18. The van der Waals surface area contributed by atoms with Gasteiger partial charge >= 0.3 is 0 Å². The first-order chi connectivity index (χ1) is 5.52. The Morgan fingerprint density at radius 2 is 2.25 bits per heavy atom. The molecule has 4 heteroatoms. The minimum absolute atomic E-state index is 0.0817. The summed E-state index contributed by atoms with van der Waals surface area (Å²) in [6, 6.07) is 0.0817. The number of terminal acetylenes is 1. The predicted octanol–water partition coefficient (Wildman–Crippen LogP) is 1.32. The fraction of sp³-hybridized carbons (Fsp3) is 0.500. The number of hydrogen-bond acceptors (Lipinski definition) is 1. The van der Waals surface area contributed by atoms with Crippen molar-refractivity contribution in [2.75, 3.05) is 21.1 Å². The molecule has 0 N–H and O–H groups in total. The standard InChI is InChI=1S/C8H13N2PS/c1-5-8-6-7-11(12,9(2)3)10(8)4/h1,6-8H,2-4H3. The van der Waals surface area contributed by atoms with E-state index in [0.717, 1.165) is 0 Å². The first-order valence-corrected chi connectivity index (χ1v) is 6.46. The maximum Gasteiger partial charge on any atom is 0.0998 e. The summed E-state index contributed by atoms with van der Waals surface area (Å²) in [6.45, 7) is 0. The van der Waals surface area contributed by atoms with Gasteiger partial charge in [0.2, 0.25) is 0 Å². The third kappa shape index (κ3) is 1.36. The van der Waals surface area contributed by atoms with Crippen LogP contribution in [0.2, 0.25) is 0 Å². The van der Waals surface area contributed by atoms with Crippen molar-refractivity contribution in [1.29, 1.82) is 0 Å². The van der Waals surface area contributed by atoms with E-state index in [1.54, 1.807) is 0 Å². The van der Waals surface area contributed by atoms with Crippen LogP contribution in [0.5, 0.6) is 0 Å². The van der Waals surface area contributed by atoms with Crippen LogP contribution in [0.4, 0.5) is 0 Å². The minimum Gasteiger partial charge on any atom is -0.267 e. The van der Waals surface area contributed by atoms with Crippen molar-refractivity contribution in [3.63, 3.8) is 0 Å². The average Bonchev–Trinajstić information content (AvgIpc) is 2.31. The number of hydrogen-bond donors (Lipinski definition) is 0.